The van der Waals surface area contributed by atoms with E-state index in [-0.39, 0.29) is 16.3 Å². The van der Waals surface area contributed by atoms with E-state index in [1.54, 1.807) is 13.1 Å². The smallest absolute Gasteiger partial charge is 0.337 e. The van der Waals surface area contributed by atoms with E-state index in [9.17, 15) is 4.79 Å². The number of amides is 2. The maximum absolute atomic E-state index is 11.8. The molecule has 0 atom stereocenters. The molecule has 0 bridgehead atoms. The maximum Gasteiger partial charge on any atom is 0.337 e. The Balaban J connectivity index is 1.96. The van der Waals surface area contributed by atoms with Gasteiger partial charge in [-0.3, -0.25) is 5.43 Å². The van der Waals surface area contributed by atoms with Gasteiger partial charge in [-0.1, -0.05) is 23.2 Å². The summed E-state index contributed by atoms with van der Waals surface area (Å²) in [6, 6.07) is 4.17. The van der Waals surface area contributed by atoms with Crippen molar-refractivity contribution in [1.29, 1.82) is 0 Å². The second kappa shape index (κ2) is 7.10. The van der Waals surface area contributed by atoms with Crippen LogP contribution < -0.4 is 21.5 Å². The van der Waals surface area contributed by atoms with Crippen molar-refractivity contribution in [2.75, 3.05) is 23.1 Å². The van der Waals surface area contributed by atoms with E-state index in [2.05, 4.69) is 36.4 Å². The predicted molar refractivity (Wildman–Crippen MR) is 86.3 cm³/mol. The van der Waals surface area contributed by atoms with Gasteiger partial charge in [-0.25, -0.2) is 20.2 Å². The molecule has 0 aliphatic rings. The molecule has 2 aromatic rings. The second-order valence-corrected chi connectivity index (χ2v) is 4.95. The summed E-state index contributed by atoms with van der Waals surface area (Å²) in [5.41, 5.74) is 6.16. The summed E-state index contributed by atoms with van der Waals surface area (Å²) < 4.78 is 0. The zero-order chi connectivity index (χ0) is 16.1. The van der Waals surface area contributed by atoms with Crippen LogP contribution in [0.3, 0.4) is 0 Å². The molecule has 0 radical (unpaired) electrons. The van der Waals surface area contributed by atoms with Crippen LogP contribution in [0.1, 0.15) is 5.69 Å². The van der Waals surface area contributed by atoms with Crippen LogP contribution in [0.2, 0.25) is 10.3 Å². The van der Waals surface area contributed by atoms with E-state index in [4.69, 9.17) is 23.2 Å². The van der Waals surface area contributed by atoms with Gasteiger partial charge in [-0.15, -0.1) is 0 Å². The van der Waals surface area contributed by atoms with Crippen molar-refractivity contribution in [3.63, 3.8) is 0 Å². The van der Waals surface area contributed by atoms with Crippen molar-refractivity contribution < 1.29 is 4.79 Å². The Kier molecular flexibility index (Phi) is 5.18. The molecule has 4 N–H and O–H groups in total. The molecule has 2 amide bonds. The van der Waals surface area contributed by atoms with Crippen LogP contribution in [-0.4, -0.2) is 28.0 Å². The number of urea groups is 1. The van der Waals surface area contributed by atoms with Gasteiger partial charge in [0.1, 0.15) is 16.1 Å². The van der Waals surface area contributed by atoms with Crippen molar-refractivity contribution in [3.8, 4) is 0 Å². The Hall–Kier alpha value is -2.32. The lowest BCUT2D eigenvalue weighted by Crippen LogP contribution is -2.34. The molecule has 0 fully saturated rings. The first-order chi connectivity index (χ1) is 10.5. The zero-order valence-electron chi connectivity index (χ0n) is 11.7. The standard InChI is InChI=1S/C12H13Cl2N7O/c1-6-3-10(15-2)19-11(16-6)20-21-12(22)17-7-4-8(13)18-9(14)5-7/h3-5H,1-2H3,(H2,15,16,19,20)(H2,17,18,21,22). The Morgan fingerprint density at radius 3 is 2.41 bits per heavy atom. The Bertz CT molecular complexity index is 675. The summed E-state index contributed by atoms with van der Waals surface area (Å²) in [4.78, 5) is 23.8. The molecular formula is C12H13Cl2N7O. The minimum Gasteiger partial charge on any atom is -0.373 e. The number of halogens is 2. The average molecular weight is 342 g/mol. The number of anilines is 3. The monoisotopic (exact) mass is 341 g/mol. The van der Waals surface area contributed by atoms with Gasteiger partial charge in [-0.05, 0) is 19.1 Å². The molecule has 2 heterocycles. The molecule has 10 heteroatoms. The van der Waals surface area contributed by atoms with E-state index in [1.807, 2.05) is 6.92 Å². The number of carbonyl (C=O) groups excluding carboxylic acids is 1. The summed E-state index contributed by atoms with van der Waals surface area (Å²) in [6.45, 7) is 1.81. The molecule has 0 aromatic carbocycles. The quantitative estimate of drug-likeness (QED) is 0.503. The lowest BCUT2D eigenvalue weighted by atomic mass is 10.4. The van der Waals surface area contributed by atoms with E-state index in [0.29, 0.717) is 11.5 Å². The van der Waals surface area contributed by atoms with E-state index in [1.165, 1.54) is 12.1 Å². The number of hydrogen-bond donors (Lipinski definition) is 4. The highest BCUT2D eigenvalue weighted by Gasteiger charge is 2.06. The molecule has 2 rings (SSSR count). The van der Waals surface area contributed by atoms with Gasteiger partial charge in [0.2, 0.25) is 5.95 Å². The van der Waals surface area contributed by atoms with Crippen LogP contribution in [0.4, 0.5) is 22.2 Å². The molecule has 0 saturated carbocycles. The first kappa shape index (κ1) is 16.1. The Morgan fingerprint density at radius 2 is 1.77 bits per heavy atom. The Labute approximate surface area is 136 Å². The van der Waals surface area contributed by atoms with Crippen LogP contribution in [0.5, 0.6) is 0 Å². The molecule has 0 aliphatic carbocycles. The summed E-state index contributed by atoms with van der Waals surface area (Å²) in [7, 11) is 1.74. The van der Waals surface area contributed by atoms with Gasteiger partial charge in [0.25, 0.3) is 0 Å². The number of pyridine rings is 1. The first-order valence-electron chi connectivity index (χ1n) is 6.16. The van der Waals surface area contributed by atoms with Crippen LogP contribution in [-0.2, 0) is 0 Å². The van der Waals surface area contributed by atoms with Crippen molar-refractivity contribution in [1.82, 2.24) is 20.4 Å². The molecular weight excluding hydrogens is 329 g/mol. The summed E-state index contributed by atoms with van der Waals surface area (Å²) >= 11 is 11.5. The number of carbonyl (C=O) groups is 1. The Morgan fingerprint density at radius 1 is 1.09 bits per heavy atom. The topological polar surface area (TPSA) is 104 Å². The fraction of sp³-hybridized carbons (Fsp3) is 0.167. The molecule has 22 heavy (non-hydrogen) atoms. The fourth-order valence-electron chi connectivity index (χ4n) is 1.56. The fourth-order valence-corrected chi connectivity index (χ4v) is 2.03. The van der Waals surface area contributed by atoms with Gasteiger partial charge in [0, 0.05) is 24.5 Å². The third-order valence-electron chi connectivity index (χ3n) is 2.42. The second-order valence-electron chi connectivity index (χ2n) is 4.17. The molecule has 0 spiro atoms. The molecule has 0 saturated heterocycles. The van der Waals surface area contributed by atoms with Crippen LogP contribution in [0.15, 0.2) is 18.2 Å². The summed E-state index contributed by atoms with van der Waals surface area (Å²) in [5.74, 6) is 0.884. The van der Waals surface area contributed by atoms with E-state index >= 15 is 0 Å². The molecule has 0 aliphatic heterocycles. The number of nitrogens with one attached hydrogen (secondary N) is 4. The summed E-state index contributed by atoms with van der Waals surface area (Å²) in [5, 5.41) is 5.79. The van der Waals surface area contributed by atoms with Crippen LogP contribution in [0.25, 0.3) is 0 Å². The number of aryl methyl sites for hydroxylation is 1. The average Bonchev–Trinajstić information content (AvgIpc) is 2.43. The highest BCUT2D eigenvalue weighted by Crippen LogP contribution is 2.18. The van der Waals surface area contributed by atoms with Crippen LogP contribution in [0, 0.1) is 6.92 Å². The SMILES string of the molecule is CNc1cc(C)nc(NNC(=O)Nc2cc(Cl)nc(Cl)c2)n1. The highest BCUT2D eigenvalue weighted by atomic mass is 35.5. The van der Waals surface area contributed by atoms with E-state index < -0.39 is 6.03 Å². The zero-order valence-corrected chi connectivity index (χ0v) is 13.2. The molecule has 8 nitrogen and oxygen atoms in total. The van der Waals surface area contributed by atoms with Gasteiger partial charge in [-0.2, -0.15) is 4.98 Å². The lowest BCUT2D eigenvalue weighted by molar-refractivity contribution is 0.253. The number of rotatable bonds is 4. The van der Waals surface area contributed by atoms with Gasteiger partial charge in [0.15, 0.2) is 0 Å². The van der Waals surface area contributed by atoms with Gasteiger partial charge < -0.3 is 10.6 Å². The lowest BCUT2D eigenvalue weighted by Gasteiger charge is -2.10. The third kappa shape index (κ3) is 4.61. The minimum absolute atomic E-state index is 0.177. The molecule has 116 valence electrons. The number of nitrogens with zero attached hydrogens (tertiary/aromatic N) is 3. The largest absolute Gasteiger partial charge is 0.373 e. The molecule has 0 unspecified atom stereocenters. The van der Waals surface area contributed by atoms with Crippen LogP contribution >= 0.6 is 23.2 Å². The van der Waals surface area contributed by atoms with Crippen molar-refractivity contribution >= 4 is 46.7 Å². The minimum atomic E-state index is -0.533. The number of hydrazine groups is 1. The summed E-state index contributed by atoms with van der Waals surface area (Å²) in [6.07, 6.45) is 0. The first-order valence-corrected chi connectivity index (χ1v) is 6.91. The maximum atomic E-state index is 11.8. The predicted octanol–water partition coefficient (Wildman–Crippen LogP) is 2.68. The van der Waals surface area contributed by atoms with Gasteiger partial charge >= 0.3 is 6.03 Å². The van der Waals surface area contributed by atoms with Crippen molar-refractivity contribution in [2.45, 2.75) is 6.92 Å². The molecule has 2 aromatic heterocycles. The highest BCUT2D eigenvalue weighted by molar-refractivity contribution is 6.32. The van der Waals surface area contributed by atoms with Gasteiger partial charge in [0.05, 0.1) is 0 Å². The number of hydrogen-bond acceptors (Lipinski definition) is 6. The van der Waals surface area contributed by atoms with Crippen molar-refractivity contribution in [2.24, 2.45) is 0 Å². The van der Waals surface area contributed by atoms with Crippen molar-refractivity contribution in [3.05, 3.63) is 34.2 Å². The normalized spacial score (nSPS) is 10.0. The van der Waals surface area contributed by atoms with E-state index in [0.717, 1.165) is 5.69 Å². The number of aromatic nitrogens is 3. The third-order valence-corrected chi connectivity index (χ3v) is 2.81.